The van der Waals surface area contributed by atoms with Crippen LogP contribution in [-0.2, 0) is 4.79 Å². The van der Waals surface area contributed by atoms with E-state index < -0.39 is 16.4 Å². The van der Waals surface area contributed by atoms with Gasteiger partial charge in [0.1, 0.15) is 0 Å². The molecule has 0 atom stereocenters. The van der Waals surface area contributed by atoms with Gasteiger partial charge in [0, 0.05) is 12.1 Å². The molecule has 1 aromatic heterocycles. The zero-order chi connectivity index (χ0) is 19.4. The first-order chi connectivity index (χ1) is 13.0. The number of nitrogens with two attached hydrogens (primary N) is 1. The van der Waals surface area contributed by atoms with Crippen LogP contribution in [0.2, 0.25) is 0 Å². The number of nitrogens with zero attached hydrogens (tertiary/aromatic N) is 3. The summed E-state index contributed by atoms with van der Waals surface area (Å²) >= 11 is 0. The monoisotopic (exact) mass is 367 g/mol. The van der Waals surface area contributed by atoms with Gasteiger partial charge in [-0.1, -0.05) is 12.1 Å². The van der Waals surface area contributed by atoms with E-state index in [-0.39, 0.29) is 17.1 Å². The first kappa shape index (κ1) is 17.7. The molecule has 0 aliphatic carbocycles. The van der Waals surface area contributed by atoms with Crippen molar-refractivity contribution < 1.29 is 9.72 Å². The fraction of sp³-hybridized carbons (Fsp3) is 0. The maximum Gasteiger partial charge on any atom is 0.288 e. The zero-order valence-electron chi connectivity index (χ0n) is 13.7. The molecular formula is C16H13N7O4. The molecule has 0 saturated heterocycles. The topological polar surface area (TPSA) is 168 Å². The molecule has 3 aromatic rings. The van der Waals surface area contributed by atoms with Crippen LogP contribution in [0.25, 0.3) is 11.0 Å². The number of nitro benzene ring substituents is 1. The minimum absolute atomic E-state index is 0.0999. The quantitative estimate of drug-likeness (QED) is 0.169. The zero-order valence-corrected chi connectivity index (χ0v) is 13.7. The number of hydrazone groups is 1. The van der Waals surface area contributed by atoms with Gasteiger partial charge in [-0.3, -0.25) is 30.6 Å². The standard InChI is InChI=1S/C16H13N7O4/c17-20-16(25)14(22-21-9-5-7-10(8-6-9)23(26)27)13-15(24)19-12-4-2-1-3-11(12)18-13/h1-8,21H,17H2,(H,19,24)(H,20,25)/b22-14-. The largest absolute Gasteiger partial charge is 0.319 e. The van der Waals surface area contributed by atoms with Gasteiger partial charge in [0.05, 0.1) is 21.6 Å². The van der Waals surface area contributed by atoms with Crippen molar-refractivity contribution in [1.29, 1.82) is 0 Å². The van der Waals surface area contributed by atoms with Crippen molar-refractivity contribution in [3.63, 3.8) is 0 Å². The van der Waals surface area contributed by atoms with Crippen LogP contribution in [0.4, 0.5) is 11.4 Å². The summed E-state index contributed by atoms with van der Waals surface area (Å²) in [6, 6.07) is 12.1. The molecule has 0 saturated carbocycles. The number of nitrogens with one attached hydrogen (secondary N) is 3. The van der Waals surface area contributed by atoms with Crippen LogP contribution in [0, 0.1) is 10.1 Å². The smallest absolute Gasteiger partial charge is 0.288 e. The summed E-state index contributed by atoms with van der Waals surface area (Å²) in [4.78, 5) is 41.3. The van der Waals surface area contributed by atoms with Crippen LogP contribution >= 0.6 is 0 Å². The molecule has 0 fully saturated rings. The van der Waals surface area contributed by atoms with Gasteiger partial charge >= 0.3 is 0 Å². The average Bonchev–Trinajstić information content (AvgIpc) is 2.68. The highest BCUT2D eigenvalue weighted by Crippen LogP contribution is 2.15. The Balaban J connectivity index is 2.00. The minimum atomic E-state index is -0.835. The number of anilines is 1. The molecule has 1 heterocycles. The predicted octanol–water partition coefficient (Wildman–Crippen LogP) is 0.637. The number of amides is 1. The molecule has 3 rings (SSSR count). The molecule has 11 nitrogen and oxygen atoms in total. The van der Waals surface area contributed by atoms with Crippen molar-refractivity contribution >= 4 is 34.0 Å². The van der Waals surface area contributed by atoms with Crippen LogP contribution in [-0.4, -0.2) is 26.5 Å². The van der Waals surface area contributed by atoms with E-state index in [4.69, 9.17) is 5.84 Å². The van der Waals surface area contributed by atoms with Gasteiger partial charge in [-0.05, 0) is 24.3 Å². The van der Waals surface area contributed by atoms with Gasteiger partial charge in [0.25, 0.3) is 17.2 Å². The number of fused-ring (bicyclic) bond motifs is 1. The summed E-state index contributed by atoms with van der Waals surface area (Å²) < 4.78 is 0. The normalized spacial score (nSPS) is 11.2. The molecule has 136 valence electrons. The molecule has 2 aromatic carbocycles. The lowest BCUT2D eigenvalue weighted by molar-refractivity contribution is -0.384. The first-order valence-corrected chi connectivity index (χ1v) is 7.58. The van der Waals surface area contributed by atoms with Crippen LogP contribution in [0.1, 0.15) is 5.69 Å². The number of aromatic nitrogens is 2. The minimum Gasteiger partial charge on any atom is -0.319 e. The van der Waals surface area contributed by atoms with Gasteiger partial charge in [-0.2, -0.15) is 5.10 Å². The number of carbonyl (C=O) groups excluding carboxylic acids is 1. The molecule has 27 heavy (non-hydrogen) atoms. The second kappa shape index (κ2) is 7.41. The summed E-state index contributed by atoms with van der Waals surface area (Å²) in [6.07, 6.45) is 0. The third kappa shape index (κ3) is 3.77. The fourth-order valence-corrected chi connectivity index (χ4v) is 2.25. The maximum absolute atomic E-state index is 12.3. The van der Waals surface area contributed by atoms with Gasteiger partial charge in [0.15, 0.2) is 11.4 Å². The Hall–Kier alpha value is -4.12. The Kier molecular flexibility index (Phi) is 4.86. The maximum atomic E-state index is 12.3. The fourth-order valence-electron chi connectivity index (χ4n) is 2.25. The Morgan fingerprint density at radius 1 is 1.19 bits per heavy atom. The van der Waals surface area contributed by atoms with Crippen LogP contribution in [0.15, 0.2) is 58.4 Å². The van der Waals surface area contributed by atoms with Crippen molar-refractivity contribution in [1.82, 2.24) is 15.4 Å². The highest BCUT2D eigenvalue weighted by Gasteiger charge is 2.19. The number of carbonyl (C=O) groups is 1. The third-order valence-corrected chi connectivity index (χ3v) is 3.54. The Labute approximate surface area is 151 Å². The number of rotatable bonds is 5. The lowest BCUT2D eigenvalue weighted by Gasteiger charge is -2.06. The lowest BCUT2D eigenvalue weighted by atomic mass is 10.2. The molecule has 1 amide bonds. The van der Waals surface area contributed by atoms with Crippen molar-refractivity contribution in [2.75, 3.05) is 5.43 Å². The van der Waals surface area contributed by atoms with Gasteiger partial charge < -0.3 is 4.98 Å². The van der Waals surface area contributed by atoms with E-state index in [1.165, 1.54) is 24.3 Å². The number of H-pyrrole nitrogens is 1. The third-order valence-electron chi connectivity index (χ3n) is 3.54. The summed E-state index contributed by atoms with van der Waals surface area (Å²) in [5, 5.41) is 14.6. The number of hydrogen-bond acceptors (Lipinski definition) is 8. The van der Waals surface area contributed by atoms with E-state index in [0.29, 0.717) is 16.7 Å². The molecule has 0 radical (unpaired) electrons. The second-order valence-electron chi connectivity index (χ2n) is 5.28. The van der Waals surface area contributed by atoms with Crippen molar-refractivity contribution in [3.05, 3.63) is 74.7 Å². The van der Waals surface area contributed by atoms with Crippen LogP contribution < -0.4 is 22.3 Å². The first-order valence-electron chi connectivity index (χ1n) is 7.58. The highest BCUT2D eigenvalue weighted by atomic mass is 16.6. The van der Waals surface area contributed by atoms with Crippen molar-refractivity contribution in [3.8, 4) is 0 Å². The van der Waals surface area contributed by atoms with Gasteiger partial charge in [-0.15, -0.1) is 0 Å². The molecule has 0 spiro atoms. The summed E-state index contributed by atoms with van der Waals surface area (Å²) in [6.45, 7) is 0. The van der Waals surface area contributed by atoms with Crippen molar-refractivity contribution in [2.24, 2.45) is 10.9 Å². The van der Waals surface area contributed by atoms with E-state index in [2.05, 4.69) is 20.5 Å². The number of aromatic amines is 1. The predicted molar refractivity (Wildman–Crippen MR) is 97.9 cm³/mol. The van der Waals surface area contributed by atoms with Crippen molar-refractivity contribution in [2.45, 2.75) is 0 Å². The SMILES string of the molecule is NNC(=O)/C(=N\Nc1ccc([N+](=O)[O-])cc1)c1nc2ccccc2[nH]c1=O. The van der Waals surface area contributed by atoms with E-state index in [0.717, 1.165) is 0 Å². The Morgan fingerprint density at radius 2 is 1.89 bits per heavy atom. The number of hydrogen-bond donors (Lipinski definition) is 4. The van der Waals surface area contributed by atoms with E-state index in [1.807, 2.05) is 5.43 Å². The summed E-state index contributed by atoms with van der Waals surface area (Å²) in [5.74, 6) is 4.34. The summed E-state index contributed by atoms with van der Waals surface area (Å²) in [7, 11) is 0. The Bertz CT molecular complexity index is 1110. The average molecular weight is 367 g/mol. The number of para-hydroxylation sites is 2. The number of benzene rings is 2. The molecule has 11 heteroatoms. The number of nitro groups is 1. The molecule has 0 bridgehead atoms. The molecular weight excluding hydrogens is 354 g/mol. The molecule has 5 N–H and O–H groups in total. The van der Waals surface area contributed by atoms with E-state index in [9.17, 15) is 19.7 Å². The second-order valence-corrected chi connectivity index (χ2v) is 5.28. The molecule has 0 unspecified atom stereocenters. The van der Waals surface area contributed by atoms with E-state index in [1.54, 1.807) is 24.3 Å². The Morgan fingerprint density at radius 3 is 2.56 bits per heavy atom. The van der Waals surface area contributed by atoms with Gasteiger partial charge in [-0.25, -0.2) is 10.8 Å². The van der Waals surface area contributed by atoms with Crippen LogP contribution in [0.5, 0.6) is 0 Å². The van der Waals surface area contributed by atoms with E-state index >= 15 is 0 Å². The number of hydrazine groups is 1. The highest BCUT2D eigenvalue weighted by molar-refractivity contribution is 6.44. The number of non-ortho nitro benzene ring substituents is 1. The molecule has 0 aliphatic rings. The molecule has 0 aliphatic heterocycles. The van der Waals surface area contributed by atoms with Gasteiger partial charge in [0.2, 0.25) is 0 Å². The van der Waals surface area contributed by atoms with Crippen LogP contribution in [0.3, 0.4) is 0 Å². The lowest BCUT2D eigenvalue weighted by Crippen LogP contribution is -2.40. The summed E-state index contributed by atoms with van der Waals surface area (Å²) in [5.41, 5.74) is 4.49.